The summed E-state index contributed by atoms with van der Waals surface area (Å²) in [7, 11) is 1.75. The number of carboxylic acids is 2. The summed E-state index contributed by atoms with van der Waals surface area (Å²) < 4.78 is 0. The zero-order valence-electron chi connectivity index (χ0n) is 12.6. The molecular weight excluding hydrogens is 382 g/mol. The topological polar surface area (TPSA) is 172 Å². The number of H-pyrrole nitrogens is 1. The Morgan fingerprint density at radius 2 is 1.81 bits per heavy atom. The standard InChI is InChI=1S/C15H7N3O6S2/c16-4-6-1-8(14(21)22)10(19)3-11(6)25-26-13-7(5-17)2-9(15(23)24)12(20)18-13/h1-2H,3H2,(H,18,20)(H,21,22)(H,23,24). The molecule has 0 unspecified atom stereocenters. The number of aromatic nitrogens is 1. The van der Waals surface area contributed by atoms with Crippen LogP contribution in [0.3, 0.4) is 0 Å². The number of nitrogens with one attached hydrogen (secondary N) is 1. The highest BCUT2D eigenvalue weighted by molar-refractivity contribution is 8.78. The van der Waals surface area contributed by atoms with Crippen LogP contribution in [0.25, 0.3) is 0 Å². The lowest BCUT2D eigenvalue weighted by Gasteiger charge is -2.13. The van der Waals surface area contributed by atoms with Gasteiger partial charge in [-0.1, -0.05) is 10.8 Å². The van der Waals surface area contributed by atoms with Gasteiger partial charge >= 0.3 is 11.9 Å². The number of hydrogen-bond acceptors (Lipinski definition) is 8. The van der Waals surface area contributed by atoms with Gasteiger partial charge in [-0.05, 0) is 22.9 Å². The molecule has 0 aromatic carbocycles. The van der Waals surface area contributed by atoms with Gasteiger partial charge < -0.3 is 15.2 Å². The maximum Gasteiger partial charge on any atom is 0.341 e. The molecule has 9 nitrogen and oxygen atoms in total. The number of carbonyl (C=O) groups excluding carboxylic acids is 1. The van der Waals surface area contributed by atoms with E-state index in [1.54, 1.807) is 12.1 Å². The lowest BCUT2D eigenvalue weighted by molar-refractivity contribution is -0.134. The number of nitrogens with zero attached hydrogens (tertiary/aromatic N) is 2. The van der Waals surface area contributed by atoms with E-state index in [2.05, 4.69) is 4.98 Å². The molecule has 0 fully saturated rings. The van der Waals surface area contributed by atoms with Crippen LogP contribution in [0.1, 0.15) is 22.3 Å². The number of carbonyl (C=O) groups is 3. The van der Waals surface area contributed by atoms with Crippen molar-refractivity contribution in [3.8, 4) is 12.1 Å². The fourth-order valence-electron chi connectivity index (χ4n) is 1.90. The third-order valence-electron chi connectivity index (χ3n) is 3.14. The minimum Gasteiger partial charge on any atom is -0.478 e. The van der Waals surface area contributed by atoms with Gasteiger partial charge in [0.2, 0.25) is 0 Å². The number of allylic oxidation sites excluding steroid dienone is 3. The van der Waals surface area contributed by atoms with E-state index in [1.165, 1.54) is 0 Å². The fraction of sp³-hybridized carbons (Fsp3) is 0.0667. The van der Waals surface area contributed by atoms with E-state index in [0.717, 1.165) is 33.7 Å². The van der Waals surface area contributed by atoms with Gasteiger partial charge in [0.05, 0.1) is 11.1 Å². The number of hydrogen-bond donors (Lipinski definition) is 3. The second kappa shape index (κ2) is 7.74. The number of Topliss-reactive ketones (excluding diaryl/α,β-unsaturated/α-hetero) is 1. The summed E-state index contributed by atoms with van der Waals surface area (Å²) in [4.78, 5) is 48.0. The van der Waals surface area contributed by atoms with Gasteiger partial charge in [-0.15, -0.1) is 0 Å². The molecule has 1 heterocycles. The van der Waals surface area contributed by atoms with Crippen molar-refractivity contribution in [2.24, 2.45) is 0 Å². The van der Waals surface area contributed by atoms with Crippen LogP contribution in [0.5, 0.6) is 0 Å². The highest BCUT2D eigenvalue weighted by Gasteiger charge is 2.26. The molecule has 1 aromatic rings. The lowest BCUT2D eigenvalue weighted by atomic mass is 9.99. The number of aromatic amines is 1. The van der Waals surface area contributed by atoms with Gasteiger partial charge in [-0.2, -0.15) is 10.5 Å². The van der Waals surface area contributed by atoms with Crippen LogP contribution in [0.15, 0.2) is 38.0 Å². The molecule has 1 aromatic heterocycles. The second-order valence-corrected chi connectivity index (χ2v) is 6.98. The number of aromatic carboxylic acids is 1. The first-order valence-electron chi connectivity index (χ1n) is 6.65. The van der Waals surface area contributed by atoms with Gasteiger partial charge in [0.1, 0.15) is 28.3 Å². The van der Waals surface area contributed by atoms with Gasteiger partial charge in [0.15, 0.2) is 5.78 Å². The van der Waals surface area contributed by atoms with Crippen LogP contribution >= 0.6 is 21.6 Å². The molecule has 130 valence electrons. The average Bonchev–Trinajstić information content (AvgIpc) is 2.59. The minimum atomic E-state index is -1.48. The first-order chi connectivity index (χ1) is 12.3. The normalized spacial score (nSPS) is 13.6. The summed E-state index contributed by atoms with van der Waals surface area (Å²) in [6, 6.07) is 4.48. The fourth-order valence-corrected chi connectivity index (χ4v) is 4.19. The third kappa shape index (κ3) is 3.85. The maximum absolute atomic E-state index is 11.8. The Kier molecular flexibility index (Phi) is 5.67. The molecule has 0 amide bonds. The average molecular weight is 389 g/mol. The summed E-state index contributed by atoms with van der Waals surface area (Å²) in [6.07, 6.45) is 0.663. The molecule has 1 aliphatic carbocycles. The predicted molar refractivity (Wildman–Crippen MR) is 90.2 cm³/mol. The van der Waals surface area contributed by atoms with E-state index in [9.17, 15) is 19.2 Å². The SMILES string of the molecule is N#CC1=C(SSc2[nH]c(=O)c(C(=O)O)cc2C#N)CC(=O)C(C(=O)O)=C1. The minimum absolute atomic E-state index is 0.0116. The Bertz CT molecular complexity index is 1040. The van der Waals surface area contributed by atoms with Crippen molar-refractivity contribution in [1.29, 1.82) is 10.5 Å². The van der Waals surface area contributed by atoms with Crippen molar-refractivity contribution in [2.75, 3.05) is 0 Å². The monoisotopic (exact) mass is 389 g/mol. The van der Waals surface area contributed by atoms with E-state index >= 15 is 0 Å². The predicted octanol–water partition coefficient (Wildman–Crippen LogP) is 1.45. The Balaban J connectivity index is 2.36. The maximum atomic E-state index is 11.8. The number of nitriles is 2. The molecule has 0 aliphatic heterocycles. The highest BCUT2D eigenvalue weighted by Crippen LogP contribution is 2.42. The first-order valence-corrected chi connectivity index (χ1v) is 8.80. The second-order valence-electron chi connectivity index (χ2n) is 4.75. The van der Waals surface area contributed by atoms with Crippen molar-refractivity contribution in [1.82, 2.24) is 4.98 Å². The molecule has 0 spiro atoms. The smallest absolute Gasteiger partial charge is 0.341 e. The Morgan fingerprint density at radius 1 is 1.12 bits per heavy atom. The van der Waals surface area contributed by atoms with Crippen molar-refractivity contribution in [3.63, 3.8) is 0 Å². The largest absolute Gasteiger partial charge is 0.478 e. The molecule has 2 rings (SSSR count). The van der Waals surface area contributed by atoms with Gasteiger partial charge in [0.25, 0.3) is 5.56 Å². The van der Waals surface area contributed by atoms with Crippen molar-refractivity contribution in [2.45, 2.75) is 11.4 Å². The summed E-state index contributed by atoms with van der Waals surface area (Å²) in [5, 5.41) is 36.1. The van der Waals surface area contributed by atoms with E-state index < -0.39 is 34.4 Å². The molecule has 1 aliphatic rings. The Hall–Kier alpha value is -3.28. The Morgan fingerprint density at radius 3 is 2.35 bits per heavy atom. The van der Waals surface area contributed by atoms with Gasteiger partial charge in [-0.3, -0.25) is 9.59 Å². The molecule has 0 bridgehead atoms. The number of carboxylic acid groups (broad SMARTS) is 2. The zero-order valence-corrected chi connectivity index (χ0v) is 14.2. The van der Waals surface area contributed by atoms with Gasteiger partial charge in [-0.25, -0.2) is 9.59 Å². The molecule has 26 heavy (non-hydrogen) atoms. The van der Waals surface area contributed by atoms with Crippen molar-refractivity contribution in [3.05, 3.63) is 49.7 Å². The van der Waals surface area contributed by atoms with E-state index in [0.29, 0.717) is 0 Å². The van der Waals surface area contributed by atoms with Crippen molar-refractivity contribution < 1.29 is 24.6 Å². The lowest BCUT2D eigenvalue weighted by Crippen LogP contribution is -2.18. The van der Waals surface area contributed by atoms with E-state index in [4.69, 9.17) is 20.7 Å². The number of rotatable bonds is 5. The number of ketones is 1. The molecular formula is C15H7N3O6S2. The van der Waals surface area contributed by atoms with Gasteiger partial charge in [0, 0.05) is 11.3 Å². The van der Waals surface area contributed by atoms with Crippen LogP contribution in [0.2, 0.25) is 0 Å². The quantitative estimate of drug-likeness (QED) is 0.494. The number of pyridine rings is 1. The number of aliphatic carboxylic acids is 1. The van der Waals surface area contributed by atoms with Crippen LogP contribution in [-0.4, -0.2) is 32.9 Å². The summed E-state index contributed by atoms with van der Waals surface area (Å²) in [5.74, 6) is -3.58. The van der Waals surface area contributed by atoms with E-state index in [1.807, 2.05) is 0 Å². The van der Waals surface area contributed by atoms with E-state index in [-0.39, 0.29) is 27.5 Å². The van der Waals surface area contributed by atoms with Crippen LogP contribution < -0.4 is 5.56 Å². The van der Waals surface area contributed by atoms with Crippen molar-refractivity contribution >= 4 is 39.3 Å². The molecule has 11 heteroatoms. The van der Waals surface area contributed by atoms with Crippen LogP contribution in [-0.2, 0) is 9.59 Å². The summed E-state index contributed by atoms with van der Waals surface area (Å²) in [5.41, 5.74) is -2.09. The molecule has 3 N–H and O–H groups in total. The highest BCUT2D eigenvalue weighted by atomic mass is 33.1. The zero-order chi connectivity index (χ0) is 19.4. The Labute approximate surface area is 153 Å². The summed E-state index contributed by atoms with van der Waals surface area (Å²) in [6.45, 7) is 0. The summed E-state index contributed by atoms with van der Waals surface area (Å²) >= 11 is 0. The molecule has 0 atom stereocenters. The van der Waals surface area contributed by atoms with Crippen LogP contribution in [0.4, 0.5) is 0 Å². The molecule has 0 radical (unpaired) electrons. The molecule has 0 saturated carbocycles. The third-order valence-corrected chi connectivity index (χ3v) is 5.63. The molecule has 0 saturated heterocycles. The van der Waals surface area contributed by atoms with Crippen LogP contribution in [0, 0.1) is 22.7 Å². The first kappa shape index (κ1) is 19.1.